The van der Waals surface area contributed by atoms with Gasteiger partial charge in [0.25, 0.3) is 0 Å². The van der Waals surface area contributed by atoms with E-state index < -0.39 is 6.10 Å². The van der Waals surface area contributed by atoms with Gasteiger partial charge in [0.15, 0.2) is 5.78 Å². The molecule has 0 heterocycles. The van der Waals surface area contributed by atoms with Crippen molar-refractivity contribution in [2.24, 2.45) is 0 Å². The summed E-state index contributed by atoms with van der Waals surface area (Å²) in [5, 5.41) is 9.82. The van der Waals surface area contributed by atoms with Crippen LogP contribution in [0.2, 0.25) is 0 Å². The first kappa shape index (κ1) is 13.1. The third-order valence-corrected chi connectivity index (χ3v) is 3.96. The van der Waals surface area contributed by atoms with Crippen molar-refractivity contribution in [3.05, 3.63) is 70.8 Å². The molecule has 0 aromatic heterocycles. The van der Waals surface area contributed by atoms with Gasteiger partial charge in [0.1, 0.15) is 0 Å². The normalized spacial score (nSPS) is 17.9. The first-order valence-electron chi connectivity index (χ1n) is 7.10. The smallest absolute Gasteiger partial charge is 0.165 e. The lowest BCUT2D eigenvalue weighted by Gasteiger charge is -2.22. The monoisotopic (exact) mass is 266 g/mol. The van der Waals surface area contributed by atoms with Crippen molar-refractivity contribution in [1.82, 2.24) is 0 Å². The van der Waals surface area contributed by atoms with Crippen LogP contribution >= 0.6 is 0 Å². The Labute approximate surface area is 119 Å². The van der Waals surface area contributed by atoms with Crippen molar-refractivity contribution in [2.75, 3.05) is 0 Å². The second-order valence-electron chi connectivity index (χ2n) is 5.41. The molecule has 0 radical (unpaired) electrons. The van der Waals surface area contributed by atoms with Crippen LogP contribution in [0.5, 0.6) is 0 Å². The summed E-state index contributed by atoms with van der Waals surface area (Å²) in [5.41, 5.74) is 4.35. The fourth-order valence-corrected chi connectivity index (χ4v) is 2.93. The number of fused-ring (bicyclic) bond motifs is 1. The highest BCUT2D eigenvalue weighted by Gasteiger charge is 2.25. The number of carbonyl (C=O) groups is 1. The summed E-state index contributed by atoms with van der Waals surface area (Å²) in [6.07, 6.45) is 2.21. The van der Waals surface area contributed by atoms with Gasteiger partial charge in [-0.3, -0.25) is 4.79 Å². The first-order chi connectivity index (χ1) is 9.74. The zero-order valence-electron chi connectivity index (χ0n) is 11.4. The summed E-state index contributed by atoms with van der Waals surface area (Å²) in [5.74, 6) is 0.0697. The Balaban J connectivity index is 1.84. The Kier molecular flexibility index (Phi) is 3.66. The van der Waals surface area contributed by atoms with Crippen molar-refractivity contribution in [3.63, 3.8) is 0 Å². The molecule has 102 valence electrons. The second kappa shape index (κ2) is 5.59. The number of hydrogen-bond donors (Lipinski definition) is 1. The van der Waals surface area contributed by atoms with Crippen molar-refractivity contribution < 1.29 is 9.90 Å². The number of Topliss-reactive ketones (excluding diaryl/α,β-unsaturated/α-hetero) is 1. The zero-order chi connectivity index (χ0) is 13.9. The van der Waals surface area contributed by atoms with Crippen LogP contribution in [-0.2, 0) is 19.3 Å². The standard InChI is InChI=1S/C18H18O2/c19-15-11-17-14(7-4-8-16(17)18(20)12-15)10-9-13-5-2-1-3-6-13/h1-8,15,19H,9-12H2. The molecule has 1 atom stereocenters. The van der Waals surface area contributed by atoms with E-state index in [0.717, 1.165) is 24.0 Å². The van der Waals surface area contributed by atoms with Gasteiger partial charge in [-0.2, -0.15) is 0 Å². The van der Waals surface area contributed by atoms with E-state index in [0.29, 0.717) is 6.42 Å². The van der Waals surface area contributed by atoms with Gasteiger partial charge in [-0.25, -0.2) is 0 Å². The Hall–Kier alpha value is -1.93. The van der Waals surface area contributed by atoms with Crippen molar-refractivity contribution in [3.8, 4) is 0 Å². The van der Waals surface area contributed by atoms with Gasteiger partial charge in [0.05, 0.1) is 6.10 Å². The molecule has 0 aliphatic heterocycles. The molecule has 1 unspecified atom stereocenters. The predicted octanol–water partition coefficient (Wildman–Crippen LogP) is 2.96. The fraction of sp³-hybridized carbons (Fsp3) is 0.278. The molecular formula is C18H18O2. The molecule has 1 aliphatic carbocycles. The lowest BCUT2D eigenvalue weighted by Crippen LogP contribution is -2.25. The van der Waals surface area contributed by atoms with Crippen LogP contribution in [0.4, 0.5) is 0 Å². The summed E-state index contributed by atoms with van der Waals surface area (Å²) in [6, 6.07) is 16.3. The van der Waals surface area contributed by atoms with Gasteiger partial charge in [0.2, 0.25) is 0 Å². The average molecular weight is 266 g/mol. The minimum absolute atomic E-state index is 0.0697. The third-order valence-electron chi connectivity index (χ3n) is 3.96. The summed E-state index contributed by atoms with van der Waals surface area (Å²) < 4.78 is 0. The number of aryl methyl sites for hydroxylation is 2. The van der Waals surface area contributed by atoms with Crippen LogP contribution in [0, 0.1) is 0 Å². The Bertz CT molecular complexity index is 617. The number of hydrogen-bond acceptors (Lipinski definition) is 2. The quantitative estimate of drug-likeness (QED) is 0.927. The maximum absolute atomic E-state index is 12.0. The molecule has 20 heavy (non-hydrogen) atoms. The Morgan fingerprint density at radius 2 is 1.75 bits per heavy atom. The van der Waals surface area contributed by atoms with Gasteiger partial charge >= 0.3 is 0 Å². The van der Waals surface area contributed by atoms with E-state index in [4.69, 9.17) is 0 Å². The minimum Gasteiger partial charge on any atom is -0.392 e. The highest BCUT2D eigenvalue weighted by Crippen LogP contribution is 2.25. The number of benzene rings is 2. The van der Waals surface area contributed by atoms with Crippen LogP contribution in [0.25, 0.3) is 0 Å². The highest BCUT2D eigenvalue weighted by molar-refractivity contribution is 5.99. The van der Waals surface area contributed by atoms with Gasteiger partial charge in [-0.05, 0) is 36.0 Å². The predicted molar refractivity (Wildman–Crippen MR) is 79.0 cm³/mol. The molecule has 0 amide bonds. The van der Waals surface area contributed by atoms with Gasteiger partial charge in [0, 0.05) is 12.0 Å². The first-order valence-corrected chi connectivity index (χ1v) is 7.10. The van der Waals surface area contributed by atoms with Gasteiger partial charge < -0.3 is 5.11 Å². The topological polar surface area (TPSA) is 37.3 Å². The number of ketones is 1. The minimum atomic E-state index is -0.520. The van der Waals surface area contributed by atoms with Crippen LogP contribution in [0.1, 0.15) is 33.5 Å². The van der Waals surface area contributed by atoms with E-state index in [9.17, 15) is 9.90 Å². The SMILES string of the molecule is O=C1CC(O)Cc2c(CCc3ccccc3)cccc21. The van der Waals surface area contributed by atoms with Gasteiger partial charge in [-0.1, -0.05) is 48.5 Å². The number of rotatable bonds is 3. The molecule has 0 saturated carbocycles. The van der Waals surface area contributed by atoms with Crippen molar-refractivity contribution in [1.29, 1.82) is 0 Å². The van der Waals surface area contributed by atoms with Crippen molar-refractivity contribution in [2.45, 2.75) is 31.8 Å². The molecule has 2 aromatic carbocycles. The van der Waals surface area contributed by atoms with Crippen molar-refractivity contribution >= 4 is 5.78 Å². The van der Waals surface area contributed by atoms with Crippen LogP contribution in [0.15, 0.2) is 48.5 Å². The molecule has 0 spiro atoms. The average Bonchev–Trinajstić information content (AvgIpc) is 2.46. The van der Waals surface area contributed by atoms with E-state index in [2.05, 4.69) is 18.2 Å². The summed E-state index contributed by atoms with van der Waals surface area (Å²) >= 11 is 0. The molecule has 3 rings (SSSR count). The van der Waals surface area contributed by atoms with E-state index >= 15 is 0 Å². The summed E-state index contributed by atoms with van der Waals surface area (Å²) in [4.78, 5) is 12.0. The fourth-order valence-electron chi connectivity index (χ4n) is 2.93. The lowest BCUT2D eigenvalue weighted by molar-refractivity contribution is 0.0852. The molecule has 0 fully saturated rings. The van der Waals surface area contributed by atoms with Gasteiger partial charge in [-0.15, -0.1) is 0 Å². The van der Waals surface area contributed by atoms with Crippen LogP contribution < -0.4 is 0 Å². The van der Waals surface area contributed by atoms with Crippen LogP contribution in [0.3, 0.4) is 0 Å². The summed E-state index contributed by atoms with van der Waals surface area (Å²) in [6.45, 7) is 0. The number of aliphatic hydroxyl groups excluding tert-OH is 1. The molecule has 1 N–H and O–H groups in total. The molecule has 2 heteroatoms. The molecular weight excluding hydrogens is 248 g/mol. The third kappa shape index (κ3) is 2.66. The Morgan fingerprint density at radius 1 is 0.950 bits per heavy atom. The number of carbonyl (C=O) groups excluding carboxylic acids is 1. The van der Waals surface area contributed by atoms with Crippen LogP contribution in [-0.4, -0.2) is 17.0 Å². The highest BCUT2D eigenvalue weighted by atomic mass is 16.3. The molecule has 0 saturated heterocycles. The lowest BCUT2D eigenvalue weighted by atomic mass is 9.84. The summed E-state index contributed by atoms with van der Waals surface area (Å²) in [7, 11) is 0. The molecule has 2 nitrogen and oxygen atoms in total. The maximum Gasteiger partial charge on any atom is 0.165 e. The molecule has 2 aromatic rings. The van der Waals surface area contributed by atoms with E-state index in [1.807, 2.05) is 30.3 Å². The van der Waals surface area contributed by atoms with E-state index in [1.165, 1.54) is 11.1 Å². The number of aliphatic hydroxyl groups is 1. The van der Waals surface area contributed by atoms with E-state index in [-0.39, 0.29) is 12.2 Å². The largest absolute Gasteiger partial charge is 0.392 e. The zero-order valence-corrected chi connectivity index (χ0v) is 11.4. The van der Waals surface area contributed by atoms with E-state index in [1.54, 1.807) is 0 Å². The second-order valence-corrected chi connectivity index (χ2v) is 5.41. The molecule has 1 aliphatic rings. The molecule has 0 bridgehead atoms. The Morgan fingerprint density at radius 3 is 2.55 bits per heavy atom. The maximum atomic E-state index is 12.0.